The Morgan fingerprint density at radius 3 is 2.70 bits per heavy atom. The zero-order valence-electron chi connectivity index (χ0n) is 13.5. The van der Waals surface area contributed by atoms with Gasteiger partial charge in [0.05, 0.1) is 18.7 Å². The SMILES string of the molecule is CNC(=O)C1(COC)CCCN1C(=O)c1ccc(OC)c(Cl)c1. The van der Waals surface area contributed by atoms with Crippen molar-refractivity contribution in [3.05, 3.63) is 28.8 Å². The summed E-state index contributed by atoms with van der Waals surface area (Å²) in [6.07, 6.45) is 1.31. The molecule has 23 heavy (non-hydrogen) atoms. The minimum Gasteiger partial charge on any atom is -0.495 e. The molecule has 1 N–H and O–H groups in total. The second-order valence-electron chi connectivity index (χ2n) is 5.45. The first-order valence-corrected chi connectivity index (χ1v) is 7.74. The van der Waals surface area contributed by atoms with E-state index in [0.717, 1.165) is 6.42 Å². The molecular formula is C16H21ClN2O4. The smallest absolute Gasteiger partial charge is 0.254 e. The van der Waals surface area contributed by atoms with Gasteiger partial charge in [-0.3, -0.25) is 9.59 Å². The third kappa shape index (κ3) is 3.14. The maximum atomic E-state index is 12.9. The molecule has 2 amide bonds. The van der Waals surface area contributed by atoms with Crippen molar-refractivity contribution < 1.29 is 19.1 Å². The lowest BCUT2D eigenvalue weighted by molar-refractivity contribution is -0.133. The van der Waals surface area contributed by atoms with E-state index in [9.17, 15) is 9.59 Å². The highest BCUT2D eigenvalue weighted by molar-refractivity contribution is 6.32. The van der Waals surface area contributed by atoms with Crippen molar-refractivity contribution in [2.75, 3.05) is 34.4 Å². The molecule has 1 heterocycles. The van der Waals surface area contributed by atoms with Gasteiger partial charge >= 0.3 is 0 Å². The monoisotopic (exact) mass is 340 g/mol. The number of carbonyl (C=O) groups is 2. The number of nitrogens with one attached hydrogen (secondary N) is 1. The van der Waals surface area contributed by atoms with Crippen molar-refractivity contribution in [3.8, 4) is 5.75 Å². The molecule has 1 aromatic carbocycles. The molecule has 0 radical (unpaired) electrons. The van der Waals surface area contributed by atoms with Gasteiger partial charge in [-0.25, -0.2) is 0 Å². The number of likely N-dealkylation sites (N-methyl/N-ethyl adjacent to an activating group) is 1. The van der Waals surface area contributed by atoms with E-state index >= 15 is 0 Å². The van der Waals surface area contributed by atoms with Crippen molar-refractivity contribution in [1.82, 2.24) is 10.2 Å². The first-order valence-electron chi connectivity index (χ1n) is 7.37. The number of ether oxygens (including phenoxy) is 2. The molecule has 126 valence electrons. The average Bonchev–Trinajstić information content (AvgIpc) is 2.98. The summed E-state index contributed by atoms with van der Waals surface area (Å²) in [6, 6.07) is 4.85. The number of methoxy groups -OCH3 is 2. The molecule has 1 aliphatic heterocycles. The normalized spacial score (nSPS) is 20.4. The fraction of sp³-hybridized carbons (Fsp3) is 0.500. The van der Waals surface area contributed by atoms with E-state index < -0.39 is 5.54 Å². The fourth-order valence-electron chi connectivity index (χ4n) is 3.05. The fourth-order valence-corrected chi connectivity index (χ4v) is 3.31. The molecule has 1 atom stereocenters. The van der Waals surface area contributed by atoms with E-state index in [-0.39, 0.29) is 18.4 Å². The van der Waals surface area contributed by atoms with Gasteiger partial charge in [-0.1, -0.05) is 11.6 Å². The molecule has 1 unspecified atom stereocenters. The average molecular weight is 341 g/mol. The van der Waals surface area contributed by atoms with Crippen molar-refractivity contribution in [2.45, 2.75) is 18.4 Å². The Bertz CT molecular complexity index is 608. The van der Waals surface area contributed by atoms with Crippen LogP contribution in [-0.2, 0) is 9.53 Å². The predicted octanol–water partition coefficient (Wildman–Crippen LogP) is 1.72. The zero-order valence-corrected chi connectivity index (χ0v) is 14.3. The van der Waals surface area contributed by atoms with Crippen LogP contribution < -0.4 is 10.1 Å². The van der Waals surface area contributed by atoms with Gasteiger partial charge in [0.2, 0.25) is 5.91 Å². The minimum absolute atomic E-state index is 0.155. The highest BCUT2D eigenvalue weighted by Crippen LogP contribution is 2.33. The summed E-state index contributed by atoms with van der Waals surface area (Å²) in [5.41, 5.74) is -0.561. The lowest BCUT2D eigenvalue weighted by atomic mass is 9.95. The zero-order chi connectivity index (χ0) is 17.0. The van der Waals surface area contributed by atoms with Crippen LogP contribution in [0.25, 0.3) is 0 Å². The van der Waals surface area contributed by atoms with Gasteiger partial charge in [0.15, 0.2) is 0 Å². The van der Waals surface area contributed by atoms with E-state index in [1.807, 2.05) is 0 Å². The molecule has 7 heteroatoms. The Morgan fingerprint density at radius 2 is 2.13 bits per heavy atom. The number of likely N-dealkylation sites (tertiary alicyclic amines) is 1. The highest BCUT2D eigenvalue weighted by Gasteiger charge is 2.49. The molecule has 2 rings (SSSR count). The summed E-state index contributed by atoms with van der Waals surface area (Å²) in [6.45, 7) is 0.654. The Balaban J connectivity index is 2.36. The maximum Gasteiger partial charge on any atom is 0.254 e. The molecule has 0 aliphatic carbocycles. The predicted molar refractivity (Wildman–Crippen MR) is 86.9 cm³/mol. The molecule has 6 nitrogen and oxygen atoms in total. The first kappa shape index (κ1) is 17.6. The van der Waals surface area contributed by atoms with Gasteiger partial charge in [0, 0.05) is 26.3 Å². The van der Waals surface area contributed by atoms with Crippen LogP contribution in [-0.4, -0.2) is 56.7 Å². The van der Waals surface area contributed by atoms with Crippen LogP contribution in [0.4, 0.5) is 0 Å². The van der Waals surface area contributed by atoms with E-state index in [1.54, 1.807) is 30.1 Å². The standard InChI is InChI=1S/C16H21ClN2O4/c1-18-15(21)16(10-22-2)7-4-8-19(16)14(20)11-5-6-13(23-3)12(17)9-11/h5-6,9H,4,7-8,10H2,1-3H3,(H,18,21). The number of hydrogen-bond donors (Lipinski definition) is 1. The number of hydrogen-bond acceptors (Lipinski definition) is 4. The van der Waals surface area contributed by atoms with Gasteiger partial charge in [-0.05, 0) is 31.0 Å². The summed E-state index contributed by atoms with van der Waals surface area (Å²) in [7, 11) is 4.60. The van der Waals surface area contributed by atoms with E-state index in [0.29, 0.717) is 29.3 Å². The summed E-state index contributed by atoms with van der Waals surface area (Å²) >= 11 is 6.10. The van der Waals surface area contributed by atoms with E-state index in [1.165, 1.54) is 14.2 Å². The number of nitrogens with zero attached hydrogens (tertiary/aromatic N) is 1. The second-order valence-corrected chi connectivity index (χ2v) is 5.86. The van der Waals surface area contributed by atoms with Crippen molar-refractivity contribution in [2.24, 2.45) is 0 Å². The van der Waals surface area contributed by atoms with Crippen LogP contribution in [0.3, 0.4) is 0 Å². The molecule has 1 saturated heterocycles. The van der Waals surface area contributed by atoms with Crippen molar-refractivity contribution in [3.63, 3.8) is 0 Å². The van der Waals surface area contributed by atoms with Crippen LogP contribution in [0.15, 0.2) is 18.2 Å². The van der Waals surface area contributed by atoms with Crippen LogP contribution in [0, 0.1) is 0 Å². The quantitative estimate of drug-likeness (QED) is 0.886. The Labute approximate surface area is 140 Å². The summed E-state index contributed by atoms with van der Waals surface area (Å²) < 4.78 is 10.3. The van der Waals surface area contributed by atoms with Crippen LogP contribution in [0.2, 0.25) is 5.02 Å². The summed E-state index contributed by atoms with van der Waals surface area (Å²) in [5.74, 6) is 0.0385. The van der Waals surface area contributed by atoms with Gasteiger partial charge < -0.3 is 19.7 Å². The molecule has 0 bridgehead atoms. The van der Waals surface area contributed by atoms with E-state index in [4.69, 9.17) is 21.1 Å². The third-order valence-corrected chi connectivity index (χ3v) is 4.46. The molecule has 0 saturated carbocycles. The molecule has 1 fully saturated rings. The number of amides is 2. The Kier molecular flexibility index (Phi) is 5.49. The van der Waals surface area contributed by atoms with Gasteiger partial charge in [-0.2, -0.15) is 0 Å². The lowest BCUT2D eigenvalue weighted by Gasteiger charge is -2.36. The van der Waals surface area contributed by atoms with Crippen LogP contribution in [0.1, 0.15) is 23.2 Å². The summed E-state index contributed by atoms with van der Waals surface area (Å²) in [4.78, 5) is 26.9. The van der Waals surface area contributed by atoms with Crippen molar-refractivity contribution in [1.29, 1.82) is 0 Å². The topological polar surface area (TPSA) is 67.9 Å². The molecule has 1 aromatic rings. The molecule has 0 aromatic heterocycles. The molecule has 1 aliphatic rings. The maximum absolute atomic E-state index is 12.9. The second kappa shape index (κ2) is 7.19. The molecular weight excluding hydrogens is 320 g/mol. The Hall–Kier alpha value is -1.79. The van der Waals surface area contributed by atoms with Gasteiger partial charge in [0.1, 0.15) is 11.3 Å². The highest BCUT2D eigenvalue weighted by atomic mass is 35.5. The number of halogens is 1. The minimum atomic E-state index is -0.979. The van der Waals surface area contributed by atoms with Gasteiger partial charge in [-0.15, -0.1) is 0 Å². The number of carbonyl (C=O) groups excluding carboxylic acids is 2. The van der Waals surface area contributed by atoms with Crippen LogP contribution >= 0.6 is 11.6 Å². The van der Waals surface area contributed by atoms with E-state index in [2.05, 4.69) is 5.32 Å². The molecule has 0 spiro atoms. The van der Waals surface area contributed by atoms with Crippen molar-refractivity contribution >= 4 is 23.4 Å². The van der Waals surface area contributed by atoms with Crippen LogP contribution in [0.5, 0.6) is 5.75 Å². The third-order valence-electron chi connectivity index (χ3n) is 4.17. The number of benzene rings is 1. The Morgan fingerprint density at radius 1 is 1.39 bits per heavy atom. The number of rotatable bonds is 5. The largest absolute Gasteiger partial charge is 0.495 e. The summed E-state index contributed by atoms with van der Waals surface area (Å²) in [5, 5.41) is 3.00. The first-order chi connectivity index (χ1) is 11.0. The van der Waals surface area contributed by atoms with Gasteiger partial charge in [0.25, 0.3) is 5.91 Å². The lowest BCUT2D eigenvalue weighted by Crippen LogP contribution is -2.59.